The van der Waals surface area contributed by atoms with Gasteiger partial charge in [-0.15, -0.1) is 0 Å². The van der Waals surface area contributed by atoms with Crippen LogP contribution in [0.5, 0.6) is 0 Å². The van der Waals surface area contributed by atoms with E-state index in [4.69, 9.17) is 18.7 Å². The molecule has 0 amide bonds. The van der Waals surface area contributed by atoms with Gasteiger partial charge in [-0.05, 0) is 6.08 Å². The summed E-state index contributed by atoms with van der Waals surface area (Å²) in [7, 11) is 5.31. The molecule has 2 radical (unpaired) electrons. The third-order valence-electron chi connectivity index (χ3n) is 1.10. The molecule has 2 N–H and O–H groups in total. The van der Waals surface area contributed by atoms with Crippen LogP contribution in [0.4, 0.5) is 0 Å². The molecule has 0 heterocycles. The molecule has 0 aromatic heterocycles. The van der Waals surface area contributed by atoms with Gasteiger partial charge >= 0.3 is 0 Å². The van der Waals surface area contributed by atoms with Crippen molar-refractivity contribution in [1.82, 2.24) is 0 Å². The van der Waals surface area contributed by atoms with Crippen LogP contribution < -0.4 is 0 Å². The van der Waals surface area contributed by atoms with Gasteiger partial charge in [0, 0.05) is 0 Å². The Kier molecular flexibility index (Phi) is 1.34. The van der Waals surface area contributed by atoms with Gasteiger partial charge in [0.15, 0.2) is 0 Å². The van der Waals surface area contributed by atoms with Crippen molar-refractivity contribution in [3.05, 3.63) is 23.7 Å². The Morgan fingerprint density at radius 1 is 1.33 bits per heavy atom. The van der Waals surface area contributed by atoms with Crippen LogP contribution in [0.15, 0.2) is 23.7 Å². The summed E-state index contributed by atoms with van der Waals surface area (Å²) in [4.78, 5) is 0. The second kappa shape index (κ2) is 2.01. The van der Waals surface area contributed by atoms with Crippen LogP contribution in [0, 0.1) is 10.8 Å². The van der Waals surface area contributed by atoms with Crippen LogP contribution in [0.1, 0.15) is 0 Å². The summed E-state index contributed by atoms with van der Waals surface area (Å²) in [6.07, 6.45) is 4.81. The highest BCUT2D eigenvalue weighted by Crippen LogP contribution is 2.00. The van der Waals surface area contributed by atoms with Crippen LogP contribution in [0.25, 0.3) is 0 Å². The van der Waals surface area contributed by atoms with Crippen molar-refractivity contribution >= 4 is 19.3 Å². The summed E-state index contributed by atoms with van der Waals surface area (Å²) >= 11 is 0. The van der Waals surface area contributed by atoms with Gasteiger partial charge in [0.2, 0.25) is 0 Å². The average Bonchev–Trinajstić information content (AvgIpc) is 1.83. The Balaban J connectivity index is 3.00. The minimum atomic E-state index is 0.109. The van der Waals surface area contributed by atoms with Gasteiger partial charge in [0.25, 0.3) is 0 Å². The first-order chi connectivity index (χ1) is 4.22. The highest BCUT2D eigenvalue weighted by atomic mass is 14.5. The fraction of sp³-hybridized carbons (Fsp3) is 0. The molecule has 3 heteroatoms. The van der Waals surface area contributed by atoms with Crippen molar-refractivity contribution in [3.8, 4) is 0 Å². The van der Waals surface area contributed by atoms with Crippen molar-refractivity contribution in [2.24, 2.45) is 0 Å². The van der Waals surface area contributed by atoms with E-state index in [1.165, 1.54) is 0 Å². The number of rotatable bonds is 0. The lowest BCUT2D eigenvalue weighted by Gasteiger charge is -2.04. The summed E-state index contributed by atoms with van der Waals surface area (Å²) in [6.45, 7) is 0. The van der Waals surface area contributed by atoms with Gasteiger partial charge in [-0.2, -0.15) is 0 Å². The molecular weight excluding hydrogens is 111 g/mol. The lowest BCUT2D eigenvalue weighted by Crippen LogP contribution is -2.14. The second-order valence-corrected chi connectivity index (χ2v) is 1.77. The molecule has 0 bridgehead atoms. The maximum Gasteiger partial charge on any atom is 0.116 e. The van der Waals surface area contributed by atoms with E-state index in [-0.39, 0.29) is 11.4 Å². The largest absolute Gasteiger partial charge is 0.299 e. The van der Waals surface area contributed by atoms with Crippen LogP contribution in [-0.2, 0) is 0 Å². The van der Waals surface area contributed by atoms with E-state index >= 15 is 0 Å². The van der Waals surface area contributed by atoms with Gasteiger partial charge in [0.05, 0.1) is 11.4 Å². The van der Waals surface area contributed by atoms with Gasteiger partial charge in [-0.1, -0.05) is 17.6 Å². The molecule has 1 aliphatic rings. The van der Waals surface area contributed by atoms with Gasteiger partial charge in [0.1, 0.15) is 7.85 Å². The summed E-state index contributed by atoms with van der Waals surface area (Å²) in [5.41, 5.74) is 0.648. The SMILES string of the molecule is [B]C1=CC=CC(=N)C1=N. The standard InChI is InChI=1S/C6H5BN2/c7-4-2-1-3-5(8)6(4)9/h1-3,8-9H. The Morgan fingerprint density at radius 3 is 2.44 bits per heavy atom. The molecule has 0 spiro atoms. The molecular formula is C6H5BN2. The zero-order valence-corrected chi connectivity index (χ0v) is 4.81. The Hall–Kier alpha value is -1.12. The molecule has 2 nitrogen and oxygen atoms in total. The van der Waals surface area contributed by atoms with E-state index in [2.05, 4.69) is 0 Å². The van der Waals surface area contributed by atoms with E-state index < -0.39 is 0 Å². The first kappa shape index (κ1) is 6.01. The Bertz CT molecular complexity index is 225. The Morgan fingerprint density at radius 2 is 2.00 bits per heavy atom. The highest BCUT2D eigenvalue weighted by Gasteiger charge is 2.04. The van der Waals surface area contributed by atoms with Crippen LogP contribution in [0.3, 0.4) is 0 Å². The highest BCUT2D eigenvalue weighted by molar-refractivity contribution is 6.60. The second-order valence-electron chi connectivity index (χ2n) is 1.77. The van der Waals surface area contributed by atoms with E-state index in [1.54, 1.807) is 18.2 Å². The maximum absolute atomic E-state index is 7.13. The van der Waals surface area contributed by atoms with Gasteiger partial charge < -0.3 is 0 Å². The summed E-state index contributed by atoms with van der Waals surface area (Å²) in [6, 6.07) is 0. The lowest BCUT2D eigenvalue weighted by atomic mass is 9.86. The smallest absolute Gasteiger partial charge is 0.116 e. The van der Waals surface area contributed by atoms with E-state index in [1.807, 2.05) is 0 Å². The number of nitrogens with one attached hydrogen (secondary N) is 2. The molecule has 0 aromatic carbocycles. The molecule has 9 heavy (non-hydrogen) atoms. The van der Waals surface area contributed by atoms with E-state index in [0.29, 0.717) is 5.47 Å². The van der Waals surface area contributed by atoms with Crippen LogP contribution in [-0.4, -0.2) is 19.3 Å². The molecule has 0 fully saturated rings. The van der Waals surface area contributed by atoms with Crippen molar-refractivity contribution in [3.63, 3.8) is 0 Å². The quantitative estimate of drug-likeness (QED) is 0.344. The average molecular weight is 116 g/mol. The Labute approximate surface area is 54.7 Å². The van der Waals surface area contributed by atoms with Gasteiger partial charge in [-0.25, -0.2) is 0 Å². The normalized spacial score (nSPS) is 18.0. The number of hydrogen-bond donors (Lipinski definition) is 2. The zero-order valence-electron chi connectivity index (χ0n) is 4.81. The lowest BCUT2D eigenvalue weighted by molar-refractivity contribution is 1.48. The predicted molar refractivity (Wildman–Crippen MR) is 38.4 cm³/mol. The summed E-state index contributed by atoms with van der Waals surface area (Å²) in [5, 5.41) is 14.2. The molecule has 42 valence electrons. The minimum Gasteiger partial charge on any atom is -0.299 e. The molecule has 0 aliphatic heterocycles. The first-order valence-corrected chi connectivity index (χ1v) is 2.53. The molecule has 1 aliphatic carbocycles. The molecule has 0 unspecified atom stereocenters. The summed E-state index contributed by atoms with van der Waals surface area (Å²) < 4.78 is 0. The third-order valence-corrected chi connectivity index (χ3v) is 1.10. The topological polar surface area (TPSA) is 47.7 Å². The molecule has 1 rings (SSSR count). The molecule has 0 atom stereocenters. The van der Waals surface area contributed by atoms with Crippen molar-refractivity contribution in [2.45, 2.75) is 0 Å². The predicted octanol–water partition coefficient (Wildman–Crippen LogP) is 0.648. The summed E-state index contributed by atoms with van der Waals surface area (Å²) in [5.74, 6) is 0. The zero-order chi connectivity index (χ0) is 6.85. The first-order valence-electron chi connectivity index (χ1n) is 2.53. The molecule has 0 aromatic rings. The van der Waals surface area contributed by atoms with Crippen LogP contribution >= 0.6 is 0 Å². The monoisotopic (exact) mass is 116 g/mol. The number of allylic oxidation sites excluding steroid dienone is 4. The third kappa shape index (κ3) is 0.990. The minimum absolute atomic E-state index is 0.109. The van der Waals surface area contributed by atoms with Crippen molar-refractivity contribution < 1.29 is 0 Å². The van der Waals surface area contributed by atoms with E-state index in [9.17, 15) is 0 Å². The van der Waals surface area contributed by atoms with E-state index in [0.717, 1.165) is 0 Å². The fourth-order valence-electron chi connectivity index (χ4n) is 0.570. The van der Waals surface area contributed by atoms with Crippen molar-refractivity contribution in [1.29, 1.82) is 10.8 Å². The molecule has 0 saturated carbocycles. The van der Waals surface area contributed by atoms with Crippen LogP contribution in [0.2, 0.25) is 0 Å². The van der Waals surface area contributed by atoms with Gasteiger partial charge in [-0.3, -0.25) is 10.8 Å². The molecule has 0 saturated heterocycles. The maximum atomic E-state index is 7.13. The van der Waals surface area contributed by atoms with Crippen molar-refractivity contribution in [2.75, 3.05) is 0 Å². The number of hydrogen-bond acceptors (Lipinski definition) is 2. The fourth-order valence-corrected chi connectivity index (χ4v) is 0.570.